The van der Waals surface area contributed by atoms with Crippen molar-refractivity contribution in [3.8, 4) is 5.82 Å². The van der Waals surface area contributed by atoms with Crippen molar-refractivity contribution >= 4 is 44.7 Å². The number of nitrogens with one attached hydrogen (secondary N) is 1. The number of anilines is 1. The molecule has 26 heavy (non-hydrogen) atoms. The van der Waals surface area contributed by atoms with E-state index in [0.717, 1.165) is 15.1 Å². The van der Waals surface area contributed by atoms with Crippen molar-refractivity contribution in [1.29, 1.82) is 0 Å². The highest BCUT2D eigenvalue weighted by atomic mass is 79.9. The van der Waals surface area contributed by atoms with Gasteiger partial charge < -0.3 is 5.73 Å². The largest absolute Gasteiger partial charge is 0.378 e. The van der Waals surface area contributed by atoms with Crippen molar-refractivity contribution < 1.29 is 9.42 Å². The van der Waals surface area contributed by atoms with Crippen LogP contribution >= 0.6 is 27.3 Å². The summed E-state index contributed by atoms with van der Waals surface area (Å²) in [6, 6.07) is 3.83. The van der Waals surface area contributed by atoms with E-state index in [1.807, 2.05) is 26.0 Å². The minimum Gasteiger partial charge on any atom is -0.378 e. The molecule has 0 saturated heterocycles. The van der Waals surface area contributed by atoms with E-state index in [1.165, 1.54) is 16.0 Å². The third kappa shape index (κ3) is 3.65. The molecule has 3 N–H and O–H groups in total. The Balaban J connectivity index is 1.85. The van der Waals surface area contributed by atoms with Crippen LogP contribution in [0.15, 0.2) is 25.6 Å². The zero-order valence-electron chi connectivity index (χ0n) is 13.9. The molecule has 10 nitrogen and oxygen atoms in total. The summed E-state index contributed by atoms with van der Waals surface area (Å²) in [6.07, 6.45) is 1.31. The maximum absolute atomic E-state index is 12.5. The Morgan fingerprint density at radius 3 is 2.88 bits per heavy atom. The van der Waals surface area contributed by atoms with Crippen LogP contribution in [0.1, 0.15) is 41.3 Å². The van der Waals surface area contributed by atoms with Crippen molar-refractivity contribution in [2.24, 2.45) is 5.10 Å². The van der Waals surface area contributed by atoms with Crippen LogP contribution in [-0.2, 0) is 6.42 Å². The van der Waals surface area contributed by atoms with E-state index in [2.05, 4.69) is 51.7 Å². The van der Waals surface area contributed by atoms with Crippen LogP contribution in [0, 0.1) is 0 Å². The first-order chi connectivity index (χ1) is 12.5. The molecule has 0 unspecified atom stereocenters. The number of aromatic nitrogens is 5. The molecule has 0 radical (unpaired) electrons. The fourth-order valence-electron chi connectivity index (χ4n) is 2.20. The third-order valence-electron chi connectivity index (χ3n) is 3.42. The summed E-state index contributed by atoms with van der Waals surface area (Å²) in [5, 5.41) is 19.3. The van der Waals surface area contributed by atoms with Crippen molar-refractivity contribution in [2.75, 3.05) is 5.73 Å². The molecule has 0 fully saturated rings. The molecule has 3 aromatic heterocycles. The van der Waals surface area contributed by atoms with Gasteiger partial charge in [-0.3, -0.25) is 4.79 Å². The first-order valence-electron chi connectivity index (χ1n) is 7.64. The Kier molecular flexibility index (Phi) is 5.42. The summed E-state index contributed by atoms with van der Waals surface area (Å²) in [5.41, 5.74) is 9.61. The SMILES string of the molecule is CCCc1c(C(=O)N/N=C(\C)c2ccc(Br)s2)nnn1-c1nonc1N. The Labute approximate surface area is 160 Å². The number of hydrogen-bond acceptors (Lipinski definition) is 9. The van der Waals surface area contributed by atoms with Gasteiger partial charge in [-0.25, -0.2) is 10.1 Å². The van der Waals surface area contributed by atoms with Gasteiger partial charge in [-0.1, -0.05) is 18.6 Å². The van der Waals surface area contributed by atoms with Gasteiger partial charge in [-0.2, -0.15) is 9.78 Å². The summed E-state index contributed by atoms with van der Waals surface area (Å²) in [5.74, 6) is -0.204. The fourth-order valence-corrected chi connectivity index (χ4v) is 3.53. The second-order valence-corrected chi connectivity index (χ2v) is 7.72. The van der Waals surface area contributed by atoms with Gasteiger partial charge in [0.2, 0.25) is 11.6 Å². The van der Waals surface area contributed by atoms with Crippen LogP contribution in [-0.4, -0.2) is 36.9 Å². The highest BCUT2D eigenvalue weighted by Crippen LogP contribution is 2.22. The molecule has 1 amide bonds. The first-order valence-corrected chi connectivity index (χ1v) is 9.25. The van der Waals surface area contributed by atoms with E-state index in [-0.39, 0.29) is 17.3 Å². The number of rotatable bonds is 6. The van der Waals surface area contributed by atoms with Crippen molar-refractivity contribution in [3.05, 3.63) is 32.2 Å². The Bertz CT molecular complexity index is 960. The average molecular weight is 439 g/mol. The molecule has 3 heterocycles. The van der Waals surface area contributed by atoms with Crippen LogP contribution in [0.25, 0.3) is 5.82 Å². The molecule has 0 aliphatic carbocycles. The smallest absolute Gasteiger partial charge is 0.293 e. The monoisotopic (exact) mass is 438 g/mol. The van der Waals surface area contributed by atoms with E-state index >= 15 is 0 Å². The number of thiophene rings is 1. The van der Waals surface area contributed by atoms with Gasteiger partial charge >= 0.3 is 0 Å². The van der Waals surface area contributed by atoms with E-state index in [0.29, 0.717) is 17.8 Å². The molecular weight excluding hydrogens is 424 g/mol. The molecular formula is C14H15BrN8O2S. The maximum Gasteiger partial charge on any atom is 0.293 e. The van der Waals surface area contributed by atoms with Gasteiger partial charge in [0.1, 0.15) is 0 Å². The van der Waals surface area contributed by atoms with Crippen molar-refractivity contribution in [2.45, 2.75) is 26.7 Å². The molecule has 0 aliphatic rings. The topological polar surface area (TPSA) is 137 Å². The lowest BCUT2D eigenvalue weighted by Gasteiger charge is -2.04. The number of nitrogens with zero attached hydrogens (tertiary/aromatic N) is 6. The molecule has 136 valence electrons. The van der Waals surface area contributed by atoms with E-state index in [4.69, 9.17) is 5.73 Å². The summed E-state index contributed by atoms with van der Waals surface area (Å²) in [4.78, 5) is 13.5. The normalized spacial score (nSPS) is 11.7. The first kappa shape index (κ1) is 18.2. The minimum absolute atomic E-state index is 0.0661. The summed E-state index contributed by atoms with van der Waals surface area (Å²) >= 11 is 4.92. The average Bonchev–Trinajstić information content (AvgIpc) is 3.33. The second-order valence-electron chi connectivity index (χ2n) is 5.26. The van der Waals surface area contributed by atoms with Gasteiger partial charge in [-0.15, -0.1) is 16.4 Å². The van der Waals surface area contributed by atoms with Crippen molar-refractivity contribution in [1.82, 2.24) is 30.7 Å². The predicted molar refractivity (Wildman–Crippen MR) is 99.3 cm³/mol. The number of halogens is 1. The van der Waals surface area contributed by atoms with Crippen LogP contribution in [0.2, 0.25) is 0 Å². The molecule has 3 rings (SSSR count). The number of nitrogen functional groups attached to an aromatic ring is 1. The molecule has 0 atom stereocenters. The Morgan fingerprint density at radius 1 is 1.46 bits per heavy atom. The van der Waals surface area contributed by atoms with Gasteiger partial charge in [0.05, 0.1) is 20.1 Å². The van der Waals surface area contributed by atoms with Gasteiger partial charge in [-0.05, 0) is 51.7 Å². The second kappa shape index (κ2) is 7.74. The molecule has 0 aliphatic heterocycles. The molecule has 3 aromatic rings. The van der Waals surface area contributed by atoms with E-state index in [9.17, 15) is 4.79 Å². The number of nitrogens with two attached hydrogens (primary N) is 1. The Morgan fingerprint density at radius 2 is 2.27 bits per heavy atom. The molecule has 0 spiro atoms. The van der Waals surface area contributed by atoms with Crippen LogP contribution in [0.5, 0.6) is 0 Å². The summed E-state index contributed by atoms with van der Waals surface area (Å²) < 4.78 is 6.94. The summed E-state index contributed by atoms with van der Waals surface area (Å²) in [7, 11) is 0. The molecule has 12 heteroatoms. The van der Waals surface area contributed by atoms with Crippen LogP contribution < -0.4 is 11.2 Å². The number of carbonyl (C=O) groups excluding carboxylic acids is 1. The number of hydrogen-bond donors (Lipinski definition) is 2. The lowest BCUT2D eigenvalue weighted by Crippen LogP contribution is -2.21. The zero-order chi connectivity index (χ0) is 18.7. The summed E-state index contributed by atoms with van der Waals surface area (Å²) in [6.45, 7) is 3.78. The lowest BCUT2D eigenvalue weighted by atomic mass is 10.2. The molecule has 0 aromatic carbocycles. The molecule has 0 bridgehead atoms. The maximum atomic E-state index is 12.5. The highest BCUT2D eigenvalue weighted by Gasteiger charge is 2.23. The van der Waals surface area contributed by atoms with E-state index < -0.39 is 5.91 Å². The standard InChI is InChI=1S/C14H15BrN8O2S/c1-3-4-8-11(18-22-23(8)13-12(16)20-25-21-13)14(24)19-17-7(2)9-5-6-10(15)26-9/h5-6H,3-4H2,1-2H3,(H2,16,20)(H,19,24)/b17-7+. The van der Waals surface area contributed by atoms with E-state index in [1.54, 1.807) is 0 Å². The van der Waals surface area contributed by atoms with Crippen LogP contribution in [0.3, 0.4) is 0 Å². The van der Waals surface area contributed by atoms with Crippen molar-refractivity contribution in [3.63, 3.8) is 0 Å². The van der Waals surface area contributed by atoms with Gasteiger partial charge in [0.15, 0.2) is 5.69 Å². The lowest BCUT2D eigenvalue weighted by molar-refractivity contribution is 0.0948. The predicted octanol–water partition coefficient (Wildman–Crippen LogP) is 2.16. The Hall–Kier alpha value is -2.60. The van der Waals surface area contributed by atoms with Crippen LogP contribution in [0.4, 0.5) is 5.82 Å². The molecule has 0 saturated carbocycles. The minimum atomic E-state index is -0.468. The zero-order valence-corrected chi connectivity index (χ0v) is 16.3. The number of hydrazone groups is 1. The fraction of sp³-hybridized carbons (Fsp3) is 0.286. The highest BCUT2D eigenvalue weighted by molar-refractivity contribution is 9.11. The van der Waals surface area contributed by atoms with Gasteiger partial charge in [0, 0.05) is 0 Å². The quantitative estimate of drug-likeness (QED) is 0.444. The van der Waals surface area contributed by atoms with Gasteiger partial charge in [0.25, 0.3) is 5.91 Å². The third-order valence-corrected chi connectivity index (χ3v) is 5.15. The number of carbonyl (C=O) groups is 1. The number of amides is 1.